The highest BCUT2D eigenvalue weighted by Crippen LogP contribution is 2.23. The van der Waals surface area contributed by atoms with Crippen LogP contribution in [-0.4, -0.2) is 87.5 Å². The Balaban J connectivity index is 2.42. The standard InChI is InChI=1S/C39H75NO8/c1-3-5-7-9-11-13-15-17-19-21-23-25-27-29-35(43)40-32(31-47-39-38(46)37(45)36(44)34(30-41)48-39)33(42)28-26-24-22-20-18-16-14-12-10-8-6-4-2/h13,15,32-34,36-39,41-42,44-46H,3-12,14,16-31H2,1-2H3,(H,40,43)/b15-13-. The summed E-state index contributed by atoms with van der Waals surface area (Å²) in [6.07, 6.45) is 25.0. The smallest absolute Gasteiger partial charge is 0.220 e. The number of aliphatic hydroxyl groups excluding tert-OH is 5. The molecular formula is C39H75NO8. The first kappa shape index (κ1) is 45.0. The quantitative estimate of drug-likeness (QED) is 0.0328. The van der Waals surface area contributed by atoms with Crippen molar-refractivity contribution in [2.45, 2.75) is 217 Å². The van der Waals surface area contributed by atoms with Gasteiger partial charge in [-0.15, -0.1) is 0 Å². The summed E-state index contributed by atoms with van der Waals surface area (Å²) >= 11 is 0. The minimum Gasteiger partial charge on any atom is -0.394 e. The summed E-state index contributed by atoms with van der Waals surface area (Å²) in [7, 11) is 0. The van der Waals surface area contributed by atoms with Gasteiger partial charge in [0.1, 0.15) is 24.4 Å². The average Bonchev–Trinajstić information content (AvgIpc) is 3.08. The highest BCUT2D eigenvalue weighted by atomic mass is 16.7. The number of ether oxygens (including phenoxy) is 2. The molecule has 1 fully saturated rings. The van der Waals surface area contributed by atoms with E-state index in [2.05, 4.69) is 31.3 Å². The van der Waals surface area contributed by atoms with E-state index in [1.807, 2.05) is 0 Å². The molecule has 0 spiro atoms. The lowest BCUT2D eigenvalue weighted by molar-refractivity contribution is -0.302. The van der Waals surface area contributed by atoms with Gasteiger partial charge in [0.15, 0.2) is 6.29 Å². The molecule has 0 radical (unpaired) electrons. The van der Waals surface area contributed by atoms with Crippen LogP contribution in [0.25, 0.3) is 0 Å². The van der Waals surface area contributed by atoms with E-state index in [-0.39, 0.29) is 12.5 Å². The topological polar surface area (TPSA) is 149 Å². The largest absolute Gasteiger partial charge is 0.394 e. The number of carbonyl (C=O) groups is 1. The minimum absolute atomic E-state index is 0.139. The Morgan fingerprint density at radius 1 is 0.688 bits per heavy atom. The Bertz CT molecular complexity index is 766. The van der Waals surface area contributed by atoms with E-state index in [1.165, 1.54) is 96.3 Å². The third kappa shape index (κ3) is 21.9. The van der Waals surface area contributed by atoms with Gasteiger partial charge in [0.05, 0.1) is 25.4 Å². The third-order valence-corrected chi connectivity index (χ3v) is 9.62. The molecule has 0 bridgehead atoms. The van der Waals surface area contributed by atoms with Gasteiger partial charge in [0, 0.05) is 6.42 Å². The van der Waals surface area contributed by atoms with Crippen molar-refractivity contribution in [2.24, 2.45) is 0 Å². The fraction of sp³-hybridized carbons (Fsp3) is 0.923. The van der Waals surface area contributed by atoms with E-state index in [0.29, 0.717) is 12.8 Å². The highest BCUT2D eigenvalue weighted by Gasteiger charge is 2.44. The van der Waals surface area contributed by atoms with E-state index in [9.17, 15) is 30.3 Å². The molecule has 0 aromatic carbocycles. The predicted molar refractivity (Wildman–Crippen MR) is 194 cm³/mol. The summed E-state index contributed by atoms with van der Waals surface area (Å²) in [5.74, 6) is -0.155. The molecular weight excluding hydrogens is 610 g/mol. The molecule has 48 heavy (non-hydrogen) atoms. The number of amides is 1. The molecule has 0 saturated carbocycles. The Labute approximate surface area is 293 Å². The third-order valence-electron chi connectivity index (χ3n) is 9.62. The van der Waals surface area contributed by atoms with Crippen molar-refractivity contribution in [3.8, 4) is 0 Å². The van der Waals surface area contributed by atoms with Gasteiger partial charge in [-0.1, -0.05) is 142 Å². The molecule has 7 atom stereocenters. The van der Waals surface area contributed by atoms with Gasteiger partial charge >= 0.3 is 0 Å². The van der Waals surface area contributed by atoms with Crippen molar-refractivity contribution in [1.29, 1.82) is 0 Å². The molecule has 7 unspecified atom stereocenters. The fourth-order valence-electron chi connectivity index (χ4n) is 6.33. The zero-order valence-electron chi connectivity index (χ0n) is 30.7. The zero-order valence-corrected chi connectivity index (χ0v) is 30.7. The van der Waals surface area contributed by atoms with Gasteiger partial charge in [-0.3, -0.25) is 4.79 Å². The summed E-state index contributed by atoms with van der Waals surface area (Å²) in [6.45, 7) is 3.78. The van der Waals surface area contributed by atoms with Crippen molar-refractivity contribution >= 4 is 5.91 Å². The van der Waals surface area contributed by atoms with E-state index < -0.39 is 49.5 Å². The van der Waals surface area contributed by atoms with E-state index in [4.69, 9.17) is 9.47 Å². The van der Waals surface area contributed by atoms with Crippen molar-refractivity contribution < 1.29 is 39.8 Å². The second-order valence-electron chi connectivity index (χ2n) is 14.1. The van der Waals surface area contributed by atoms with Crippen LogP contribution < -0.4 is 5.32 Å². The molecule has 1 saturated heterocycles. The number of hydrogen-bond acceptors (Lipinski definition) is 8. The Kier molecular flexibility index (Phi) is 28.8. The predicted octanol–water partition coefficient (Wildman–Crippen LogP) is 7.00. The normalized spacial score (nSPS) is 22.7. The minimum atomic E-state index is -1.55. The fourth-order valence-corrected chi connectivity index (χ4v) is 6.33. The summed E-state index contributed by atoms with van der Waals surface area (Å²) in [5.41, 5.74) is 0. The average molecular weight is 686 g/mol. The van der Waals surface area contributed by atoms with Crippen LogP contribution in [0, 0.1) is 0 Å². The van der Waals surface area contributed by atoms with Crippen LogP contribution in [0.1, 0.15) is 174 Å². The second-order valence-corrected chi connectivity index (χ2v) is 14.1. The molecule has 0 aliphatic carbocycles. The molecule has 9 heteroatoms. The Morgan fingerprint density at radius 2 is 1.17 bits per heavy atom. The molecule has 1 aliphatic heterocycles. The molecule has 1 aliphatic rings. The lowest BCUT2D eigenvalue weighted by Gasteiger charge is -2.40. The molecule has 1 heterocycles. The molecule has 6 N–H and O–H groups in total. The summed E-state index contributed by atoms with van der Waals surface area (Å²) < 4.78 is 11.2. The lowest BCUT2D eigenvalue weighted by Crippen LogP contribution is -2.60. The van der Waals surface area contributed by atoms with Gasteiger partial charge in [-0.25, -0.2) is 0 Å². The number of hydrogen-bond donors (Lipinski definition) is 6. The van der Waals surface area contributed by atoms with Crippen molar-refractivity contribution in [3.05, 3.63) is 12.2 Å². The number of nitrogens with one attached hydrogen (secondary N) is 1. The monoisotopic (exact) mass is 686 g/mol. The van der Waals surface area contributed by atoms with Gasteiger partial charge in [-0.2, -0.15) is 0 Å². The van der Waals surface area contributed by atoms with Gasteiger partial charge in [-0.05, 0) is 38.5 Å². The summed E-state index contributed by atoms with van der Waals surface area (Å²) in [6, 6.07) is -0.716. The number of aliphatic hydroxyl groups is 5. The maximum absolute atomic E-state index is 12.9. The molecule has 1 rings (SSSR count). The number of rotatable bonds is 32. The SMILES string of the molecule is CCCCCC/C=C\CCCCCCCC(=O)NC(COC1OC(CO)C(O)C(O)C1O)C(O)CCCCCCCCCCCCCC. The highest BCUT2D eigenvalue weighted by molar-refractivity contribution is 5.76. The molecule has 1 amide bonds. The summed E-state index contributed by atoms with van der Waals surface area (Å²) in [4.78, 5) is 12.9. The van der Waals surface area contributed by atoms with E-state index in [0.717, 1.165) is 51.4 Å². The second kappa shape index (κ2) is 30.7. The van der Waals surface area contributed by atoms with Crippen LogP contribution >= 0.6 is 0 Å². The van der Waals surface area contributed by atoms with Crippen LogP contribution in [0.2, 0.25) is 0 Å². The van der Waals surface area contributed by atoms with Gasteiger partial charge < -0.3 is 40.3 Å². The van der Waals surface area contributed by atoms with Crippen LogP contribution in [0.15, 0.2) is 12.2 Å². The van der Waals surface area contributed by atoms with Crippen LogP contribution in [0.4, 0.5) is 0 Å². The van der Waals surface area contributed by atoms with Crippen LogP contribution in [0.5, 0.6) is 0 Å². The number of unbranched alkanes of at least 4 members (excludes halogenated alkanes) is 20. The van der Waals surface area contributed by atoms with E-state index in [1.54, 1.807) is 0 Å². The van der Waals surface area contributed by atoms with Crippen molar-refractivity contribution in [1.82, 2.24) is 5.32 Å². The molecule has 0 aromatic heterocycles. The van der Waals surface area contributed by atoms with Crippen LogP contribution in [0.3, 0.4) is 0 Å². The first-order chi connectivity index (χ1) is 23.3. The van der Waals surface area contributed by atoms with Crippen molar-refractivity contribution in [3.63, 3.8) is 0 Å². The van der Waals surface area contributed by atoms with E-state index >= 15 is 0 Å². The molecule has 0 aromatic rings. The lowest BCUT2D eigenvalue weighted by atomic mass is 9.99. The first-order valence-electron chi connectivity index (χ1n) is 19.9. The van der Waals surface area contributed by atoms with Crippen LogP contribution in [-0.2, 0) is 14.3 Å². The molecule has 284 valence electrons. The molecule has 9 nitrogen and oxygen atoms in total. The first-order valence-corrected chi connectivity index (χ1v) is 19.9. The van der Waals surface area contributed by atoms with Gasteiger partial charge in [0.25, 0.3) is 0 Å². The number of allylic oxidation sites excluding steroid dienone is 2. The number of carbonyl (C=O) groups excluding carboxylic acids is 1. The maximum Gasteiger partial charge on any atom is 0.220 e. The maximum atomic E-state index is 12.9. The summed E-state index contributed by atoms with van der Waals surface area (Å²) in [5, 5.41) is 54.0. The zero-order chi connectivity index (χ0) is 35.2. The Hall–Kier alpha value is -1.07. The van der Waals surface area contributed by atoms with Crippen molar-refractivity contribution in [2.75, 3.05) is 13.2 Å². The van der Waals surface area contributed by atoms with Gasteiger partial charge in [0.2, 0.25) is 5.91 Å². The Morgan fingerprint density at radius 3 is 1.71 bits per heavy atom.